The van der Waals surface area contributed by atoms with E-state index in [1.54, 1.807) is 43.0 Å². The third kappa shape index (κ3) is 4.78. The van der Waals surface area contributed by atoms with Crippen LogP contribution in [0.25, 0.3) is 5.52 Å². The van der Waals surface area contributed by atoms with E-state index < -0.39 is 5.97 Å². The molecule has 0 bridgehead atoms. The Hall–Kier alpha value is -3.72. The maximum atomic E-state index is 11.0. The number of hydrogen-bond acceptors (Lipinski definition) is 7. The SMILES string of the molecule is COc1ccc(CNc2nc(SCc3ccc(C(=O)O)cc3)nn3cccc23)c(OC)c1. The summed E-state index contributed by atoms with van der Waals surface area (Å²) in [5, 5.41) is 17.6. The molecule has 0 aliphatic carbocycles. The fourth-order valence-electron chi connectivity index (χ4n) is 3.17. The molecule has 0 saturated heterocycles. The van der Waals surface area contributed by atoms with E-state index in [2.05, 4.69) is 10.4 Å². The van der Waals surface area contributed by atoms with Crippen LogP contribution in [-0.4, -0.2) is 39.9 Å². The van der Waals surface area contributed by atoms with Crippen molar-refractivity contribution in [2.45, 2.75) is 17.5 Å². The van der Waals surface area contributed by atoms with Gasteiger partial charge >= 0.3 is 5.97 Å². The minimum absolute atomic E-state index is 0.268. The standard InChI is InChI=1S/C23H22N4O4S/c1-30-18-10-9-17(20(12-18)31-2)13-24-21-19-4-3-11-27(19)26-23(25-21)32-14-15-5-7-16(8-6-15)22(28)29/h3-12H,13-14H2,1-2H3,(H,28,29)(H,24,25,26). The lowest BCUT2D eigenvalue weighted by Crippen LogP contribution is -2.07. The minimum atomic E-state index is -0.935. The zero-order valence-corrected chi connectivity index (χ0v) is 18.4. The zero-order chi connectivity index (χ0) is 22.5. The maximum absolute atomic E-state index is 11.0. The second-order valence-corrected chi connectivity index (χ2v) is 7.85. The average molecular weight is 451 g/mol. The number of fused-ring (bicyclic) bond motifs is 1. The van der Waals surface area contributed by atoms with Gasteiger partial charge in [0.05, 0.1) is 19.8 Å². The van der Waals surface area contributed by atoms with E-state index in [-0.39, 0.29) is 5.56 Å². The lowest BCUT2D eigenvalue weighted by molar-refractivity contribution is 0.0697. The van der Waals surface area contributed by atoms with Gasteiger partial charge in [0.2, 0.25) is 5.16 Å². The van der Waals surface area contributed by atoms with Gasteiger partial charge in [-0.05, 0) is 42.0 Å². The Morgan fingerprint density at radius 3 is 2.66 bits per heavy atom. The first-order valence-corrected chi connectivity index (χ1v) is 10.8. The highest BCUT2D eigenvalue weighted by atomic mass is 32.2. The first-order chi connectivity index (χ1) is 15.6. The summed E-state index contributed by atoms with van der Waals surface area (Å²) in [4.78, 5) is 15.7. The van der Waals surface area contributed by atoms with Gasteiger partial charge in [-0.3, -0.25) is 0 Å². The van der Waals surface area contributed by atoms with Crippen LogP contribution in [0.5, 0.6) is 11.5 Å². The van der Waals surface area contributed by atoms with Crippen molar-refractivity contribution in [1.29, 1.82) is 0 Å². The quantitative estimate of drug-likeness (QED) is 0.363. The van der Waals surface area contributed by atoms with Crippen molar-refractivity contribution >= 4 is 29.1 Å². The van der Waals surface area contributed by atoms with Gasteiger partial charge in [-0.2, -0.15) is 0 Å². The molecular weight excluding hydrogens is 428 g/mol. The Bertz CT molecular complexity index is 1240. The number of aromatic carboxylic acids is 1. The van der Waals surface area contributed by atoms with Crippen LogP contribution < -0.4 is 14.8 Å². The van der Waals surface area contributed by atoms with E-state index in [1.165, 1.54) is 11.8 Å². The number of benzene rings is 2. The molecule has 0 aliphatic heterocycles. The molecule has 0 radical (unpaired) electrons. The van der Waals surface area contributed by atoms with Crippen molar-refractivity contribution in [3.05, 3.63) is 77.5 Å². The Kier molecular flexibility index (Phi) is 6.46. The number of carbonyl (C=O) groups is 1. The highest BCUT2D eigenvalue weighted by Crippen LogP contribution is 2.27. The van der Waals surface area contributed by atoms with Crippen LogP contribution in [0.4, 0.5) is 5.82 Å². The van der Waals surface area contributed by atoms with Gasteiger partial charge in [0.15, 0.2) is 5.82 Å². The number of methoxy groups -OCH3 is 2. The first-order valence-electron chi connectivity index (χ1n) is 9.82. The molecular formula is C23H22N4O4S. The third-order valence-corrected chi connectivity index (χ3v) is 5.79. The number of nitrogens with zero attached hydrogens (tertiary/aromatic N) is 3. The molecule has 0 spiro atoms. The lowest BCUT2D eigenvalue weighted by atomic mass is 10.1. The molecule has 0 unspecified atom stereocenters. The summed E-state index contributed by atoms with van der Waals surface area (Å²) in [6.45, 7) is 0.520. The summed E-state index contributed by atoms with van der Waals surface area (Å²) in [7, 11) is 3.25. The molecule has 0 amide bonds. The number of ether oxygens (including phenoxy) is 2. The molecule has 0 aliphatic rings. The number of anilines is 1. The van der Waals surface area contributed by atoms with Crippen LogP contribution in [0.2, 0.25) is 0 Å². The Balaban J connectivity index is 1.51. The molecule has 2 aromatic heterocycles. The molecule has 164 valence electrons. The smallest absolute Gasteiger partial charge is 0.335 e. The van der Waals surface area contributed by atoms with Crippen molar-refractivity contribution < 1.29 is 19.4 Å². The largest absolute Gasteiger partial charge is 0.497 e. The second kappa shape index (κ2) is 9.61. The number of rotatable bonds is 9. The summed E-state index contributed by atoms with van der Waals surface area (Å²) in [5.41, 5.74) is 3.11. The minimum Gasteiger partial charge on any atom is -0.497 e. The number of aromatic nitrogens is 3. The van der Waals surface area contributed by atoms with E-state index >= 15 is 0 Å². The fraction of sp³-hybridized carbons (Fsp3) is 0.174. The van der Waals surface area contributed by atoms with Gasteiger partial charge in [0, 0.05) is 30.1 Å². The monoisotopic (exact) mass is 450 g/mol. The fourth-order valence-corrected chi connectivity index (χ4v) is 3.96. The molecule has 2 heterocycles. The van der Waals surface area contributed by atoms with E-state index in [4.69, 9.17) is 19.6 Å². The molecule has 0 fully saturated rings. The maximum Gasteiger partial charge on any atom is 0.335 e. The third-order valence-electron chi connectivity index (χ3n) is 4.88. The van der Waals surface area contributed by atoms with Crippen LogP contribution in [0, 0.1) is 0 Å². The molecule has 8 nitrogen and oxygen atoms in total. The van der Waals surface area contributed by atoms with Crippen LogP contribution >= 0.6 is 11.8 Å². The van der Waals surface area contributed by atoms with Crippen LogP contribution in [-0.2, 0) is 12.3 Å². The molecule has 0 atom stereocenters. The summed E-state index contributed by atoms with van der Waals surface area (Å²) >= 11 is 1.48. The van der Waals surface area contributed by atoms with Crippen molar-refractivity contribution in [2.24, 2.45) is 0 Å². The second-order valence-electron chi connectivity index (χ2n) is 6.90. The van der Waals surface area contributed by atoms with E-state index in [0.717, 1.165) is 28.1 Å². The highest BCUT2D eigenvalue weighted by molar-refractivity contribution is 7.98. The average Bonchev–Trinajstić information content (AvgIpc) is 3.30. The van der Waals surface area contributed by atoms with Gasteiger partial charge in [-0.1, -0.05) is 23.9 Å². The highest BCUT2D eigenvalue weighted by Gasteiger charge is 2.11. The molecule has 2 N–H and O–H groups in total. The van der Waals surface area contributed by atoms with Crippen LogP contribution in [0.15, 0.2) is 66.0 Å². The summed E-state index contributed by atoms with van der Waals surface area (Å²) in [6, 6.07) is 16.4. The topological polar surface area (TPSA) is 98.0 Å². The van der Waals surface area contributed by atoms with Gasteiger partial charge in [-0.15, -0.1) is 5.10 Å². The van der Waals surface area contributed by atoms with Crippen LogP contribution in [0.1, 0.15) is 21.5 Å². The Morgan fingerprint density at radius 2 is 1.94 bits per heavy atom. The lowest BCUT2D eigenvalue weighted by Gasteiger charge is -2.13. The summed E-state index contributed by atoms with van der Waals surface area (Å²) in [6.07, 6.45) is 1.88. The molecule has 4 rings (SSSR count). The Labute approximate surface area is 189 Å². The molecule has 32 heavy (non-hydrogen) atoms. The number of carboxylic acids is 1. The Morgan fingerprint density at radius 1 is 1.12 bits per heavy atom. The first kappa shape index (κ1) is 21.5. The number of hydrogen-bond donors (Lipinski definition) is 2. The van der Waals surface area contributed by atoms with Crippen LogP contribution in [0.3, 0.4) is 0 Å². The number of nitrogens with one attached hydrogen (secondary N) is 1. The van der Waals surface area contributed by atoms with E-state index in [9.17, 15) is 4.79 Å². The van der Waals surface area contributed by atoms with Gasteiger partial charge in [0.25, 0.3) is 0 Å². The predicted octanol–water partition coefficient (Wildman–Crippen LogP) is 4.35. The van der Waals surface area contributed by atoms with Crippen molar-refractivity contribution in [3.63, 3.8) is 0 Å². The predicted molar refractivity (Wildman–Crippen MR) is 123 cm³/mol. The summed E-state index contributed by atoms with van der Waals surface area (Å²) in [5.74, 6) is 1.87. The van der Waals surface area contributed by atoms with Crippen molar-refractivity contribution in [3.8, 4) is 11.5 Å². The molecule has 2 aromatic carbocycles. The van der Waals surface area contributed by atoms with Gasteiger partial charge < -0.3 is 19.9 Å². The molecule has 4 aromatic rings. The van der Waals surface area contributed by atoms with Crippen molar-refractivity contribution in [2.75, 3.05) is 19.5 Å². The molecule has 9 heteroatoms. The van der Waals surface area contributed by atoms with Crippen molar-refractivity contribution in [1.82, 2.24) is 14.6 Å². The molecule has 0 saturated carbocycles. The summed E-state index contributed by atoms with van der Waals surface area (Å²) < 4.78 is 12.5. The van der Waals surface area contributed by atoms with Gasteiger partial charge in [-0.25, -0.2) is 14.3 Å². The number of thioether (sulfide) groups is 1. The normalized spacial score (nSPS) is 10.8. The number of carboxylic acid groups (broad SMARTS) is 1. The zero-order valence-electron chi connectivity index (χ0n) is 17.6. The van der Waals surface area contributed by atoms with E-state index in [1.807, 2.05) is 36.5 Å². The van der Waals surface area contributed by atoms with E-state index in [0.29, 0.717) is 23.3 Å². The van der Waals surface area contributed by atoms with Gasteiger partial charge in [0.1, 0.15) is 17.0 Å².